The van der Waals surface area contributed by atoms with Crippen molar-refractivity contribution in [2.75, 3.05) is 45.8 Å². The molecule has 0 unspecified atom stereocenters. The largest absolute Gasteiger partial charge is 0.244 e. The number of sulfonamides is 4. The molecular formula is C60H86N4O8S4. The Morgan fingerprint density at radius 3 is 0.987 bits per heavy atom. The summed E-state index contributed by atoms with van der Waals surface area (Å²) in [5.41, 5.74) is 6.81. The van der Waals surface area contributed by atoms with E-state index in [1.807, 2.05) is 93.5 Å². The topological polar surface area (TPSA) is 158 Å². The Kier molecular flexibility index (Phi) is 23.5. The number of nitrogens with zero attached hydrogens (tertiary/aromatic N) is 3. The lowest BCUT2D eigenvalue weighted by molar-refractivity contribution is 0.461. The van der Waals surface area contributed by atoms with Gasteiger partial charge in [-0.25, -0.2) is 38.4 Å². The normalized spacial score (nSPS) is 13.6. The third-order valence-electron chi connectivity index (χ3n) is 13.3. The molecule has 0 aliphatic carbocycles. The van der Waals surface area contributed by atoms with Gasteiger partial charge in [0.05, 0.1) is 19.6 Å². The molecule has 0 bridgehead atoms. The number of nitrogens with one attached hydrogen (secondary N) is 1. The molecule has 0 radical (unpaired) electrons. The van der Waals surface area contributed by atoms with Crippen LogP contribution >= 0.6 is 0 Å². The first-order valence-electron chi connectivity index (χ1n) is 26.5. The van der Waals surface area contributed by atoms with Gasteiger partial charge in [-0.3, -0.25) is 0 Å². The number of rotatable bonds is 28. The van der Waals surface area contributed by atoms with E-state index in [0.717, 1.165) is 33.4 Å². The van der Waals surface area contributed by atoms with Crippen molar-refractivity contribution in [2.45, 2.75) is 159 Å². The van der Waals surface area contributed by atoms with Gasteiger partial charge in [-0.15, -0.1) is 0 Å². The highest BCUT2D eigenvalue weighted by Gasteiger charge is 2.32. The Morgan fingerprint density at radius 1 is 0.395 bits per heavy atom. The molecule has 0 amide bonds. The zero-order valence-electron chi connectivity index (χ0n) is 47.7. The lowest BCUT2D eigenvalue weighted by atomic mass is 9.89. The number of aryl methyl sites for hydroxylation is 2. The predicted octanol–water partition coefficient (Wildman–Crippen LogP) is 12.6. The summed E-state index contributed by atoms with van der Waals surface area (Å²) in [6.07, 6.45) is 13.3. The molecule has 12 nitrogen and oxygen atoms in total. The second-order valence-corrected chi connectivity index (χ2v) is 28.9. The smallest absolute Gasteiger partial charge is 0.207 e. The fourth-order valence-corrected chi connectivity index (χ4v) is 14.9. The Balaban J connectivity index is 1.74. The van der Waals surface area contributed by atoms with Gasteiger partial charge in [0.2, 0.25) is 40.1 Å². The summed E-state index contributed by atoms with van der Waals surface area (Å²) in [4.78, 5) is 0.738. The molecule has 0 fully saturated rings. The Labute approximate surface area is 459 Å². The Hall–Kier alpha value is -4.52. The van der Waals surface area contributed by atoms with Gasteiger partial charge in [-0.05, 0) is 114 Å². The number of hydrogen-bond donors (Lipinski definition) is 1. The molecule has 4 aromatic rings. The van der Waals surface area contributed by atoms with Crippen molar-refractivity contribution in [1.82, 2.24) is 17.6 Å². The fraction of sp³-hybridized carbons (Fsp3) is 0.467. The molecular weight excluding hydrogens is 1030 g/mol. The maximum Gasteiger partial charge on any atom is 0.244 e. The highest BCUT2D eigenvalue weighted by molar-refractivity contribution is 7.90. The highest BCUT2D eigenvalue weighted by Crippen LogP contribution is 2.38. The first-order chi connectivity index (χ1) is 35.5. The van der Waals surface area contributed by atoms with E-state index in [1.54, 1.807) is 91.9 Å². The minimum absolute atomic E-state index is 0.0190. The van der Waals surface area contributed by atoms with Crippen molar-refractivity contribution in [3.8, 4) is 0 Å². The van der Waals surface area contributed by atoms with Crippen molar-refractivity contribution in [1.29, 1.82) is 0 Å². The second kappa shape index (κ2) is 27.9. The summed E-state index contributed by atoms with van der Waals surface area (Å²) in [5, 5.41) is 0. The molecule has 4 aromatic carbocycles. The third-order valence-corrected chi connectivity index (χ3v) is 20.5. The fourth-order valence-electron chi connectivity index (χ4n) is 8.54. The van der Waals surface area contributed by atoms with E-state index in [9.17, 15) is 25.3 Å². The zero-order chi connectivity index (χ0) is 56.9. The molecule has 4 rings (SSSR count). The minimum Gasteiger partial charge on any atom is -0.207 e. The summed E-state index contributed by atoms with van der Waals surface area (Å²) in [6.45, 7) is 29.3. The summed E-state index contributed by atoms with van der Waals surface area (Å²) in [5.74, 6) is -0.0423. The summed E-state index contributed by atoms with van der Waals surface area (Å²) < 4.78 is 122. The minimum atomic E-state index is -4.25. The number of allylic oxidation sites excluding steroid dienone is 1. The van der Waals surface area contributed by atoms with Gasteiger partial charge in [0.25, 0.3) is 0 Å². The van der Waals surface area contributed by atoms with Gasteiger partial charge in [-0.1, -0.05) is 191 Å². The van der Waals surface area contributed by atoms with Crippen LogP contribution in [0.25, 0.3) is 0 Å². The van der Waals surface area contributed by atoms with Gasteiger partial charge < -0.3 is 0 Å². The van der Waals surface area contributed by atoms with Crippen LogP contribution in [0.15, 0.2) is 141 Å². The van der Waals surface area contributed by atoms with Crippen LogP contribution in [0.1, 0.15) is 170 Å². The predicted molar refractivity (Wildman–Crippen MR) is 313 cm³/mol. The molecule has 0 saturated heterocycles. The quantitative estimate of drug-likeness (QED) is 0.0551. The molecule has 1 N–H and O–H groups in total. The maximum atomic E-state index is 15.3. The van der Waals surface area contributed by atoms with Gasteiger partial charge in [0, 0.05) is 45.8 Å². The standard InChI is InChI=1S/C60H86N4O8S4/c1-16-17-33-62(74(67,68)53-28-24-49(14)25-29-53)35-20-21-36-63(75(69,70)54-30-26-50(15)27-31-54)37-22-23-38-64(76(71,72)60-57(47(10)11)41-52(44(4)5)42-58(60)48(12)13)34-19-18-32-61-73(65,66)59-55(45(6)7)39-51(43(2)3)40-56(59)46(8)9/h16-31,39-48,61H,32-38H2,1-15H3/b17-16+,19-18+,21-20+,23-22+. The van der Waals surface area contributed by atoms with Crippen LogP contribution in [0.5, 0.6) is 0 Å². The molecule has 0 aliphatic heterocycles. The van der Waals surface area contributed by atoms with Crippen molar-refractivity contribution >= 4 is 40.1 Å². The first-order valence-corrected chi connectivity index (χ1v) is 32.3. The molecule has 0 spiro atoms. The Morgan fingerprint density at radius 2 is 0.684 bits per heavy atom. The van der Waals surface area contributed by atoms with E-state index in [0.29, 0.717) is 11.1 Å². The van der Waals surface area contributed by atoms with Gasteiger partial charge in [0.15, 0.2) is 0 Å². The average Bonchev–Trinajstić information content (AvgIpc) is 3.34. The highest BCUT2D eigenvalue weighted by atomic mass is 32.2. The molecule has 76 heavy (non-hydrogen) atoms. The van der Waals surface area contributed by atoms with Gasteiger partial charge >= 0.3 is 0 Å². The molecule has 0 aliphatic rings. The Bertz CT molecular complexity index is 3100. The summed E-state index contributed by atoms with van der Waals surface area (Å²) >= 11 is 0. The van der Waals surface area contributed by atoms with Crippen LogP contribution in [0.4, 0.5) is 0 Å². The average molecular weight is 1120 g/mol. The van der Waals surface area contributed by atoms with E-state index in [1.165, 1.54) is 25.0 Å². The van der Waals surface area contributed by atoms with Crippen LogP contribution in [0.2, 0.25) is 0 Å². The van der Waals surface area contributed by atoms with E-state index >= 15 is 8.42 Å². The SMILES string of the molecule is C/C=C/CN(C/C=C/CN(C/C=C/CN(C/C=C/CNS(=O)(=O)c1c(C(C)C)cc(C(C)C)cc1C(C)C)S(=O)(=O)c1c(C(C)C)cc(C(C)C)cc1C(C)C)S(=O)(=O)c1ccc(C)cc1)S(=O)(=O)c1ccc(C)cc1. The van der Waals surface area contributed by atoms with Crippen LogP contribution in [0.3, 0.4) is 0 Å². The van der Waals surface area contributed by atoms with Crippen molar-refractivity contribution < 1.29 is 33.7 Å². The molecule has 0 atom stereocenters. The van der Waals surface area contributed by atoms with Crippen molar-refractivity contribution in [3.05, 3.63) is 166 Å². The van der Waals surface area contributed by atoms with Gasteiger partial charge in [0.1, 0.15) is 0 Å². The van der Waals surface area contributed by atoms with Gasteiger partial charge in [-0.2, -0.15) is 12.9 Å². The number of benzene rings is 4. The molecule has 0 saturated carbocycles. The van der Waals surface area contributed by atoms with Crippen molar-refractivity contribution in [2.24, 2.45) is 0 Å². The lowest BCUT2D eigenvalue weighted by Gasteiger charge is -2.27. The summed E-state index contributed by atoms with van der Waals surface area (Å²) in [7, 11) is -16.2. The van der Waals surface area contributed by atoms with E-state index in [-0.39, 0.29) is 101 Å². The van der Waals surface area contributed by atoms with Crippen LogP contribution in [0, 0.1) is 13.8 Å². The van der Waals surface area contributed by atoms with E-state index in [4.69, 9.17) is 0 Å². The van der Waals surface area contributed by atoms with E-state index in [2.05, 4.69) is 32.4 Å². The van der Waals surface area contributed by atoms with Crippen LogP contribution < -0.4 is 4.72 Å². The van der Waals surface area contributed by atoms with Crippen molar-refractivity contribution in [3.63, 3.8) is 0 Å². The molecule has 0 aromatic heterocycles. The lowest BCUT2D eigenvalue weighted by Crippen LogP contribution is -2.34. The van der Waals surface area contributed by atoms with Crippen LogP contribution in [-0.4, -0.2) is 92.4 Å². The third kappa shape index (κ3) is 16.5. The molecule has 418 valence electrons. The zero-order valence-corrected chi connectivity index (χ0v) is 51.0. The molecule has 16 heteroatoms. The van der Waals surface area contributed by atoms with Crippen LogP contribution in [-0.2, 0) is 40.1 Å². The summed E-state index contributed by atoms with van der Waals surface area (Å²) in [6, 6.07) is 21.1. The maximum absolute atomic E-state index is 15.3. The molecule has 0 heterocycles. The number of hydrogen-bond acceptors (Lipinski definition) is 8. The second-order valence-electron chi connectivity index (χ2n) is 21.4. The first kappa shape index (κ1) is 64.0. The monoisotopic (exact) mass is 1120 g/mol. The van der Waals surface area contributed by atoms with E-state index < -0.39 is 40.1 Å².